The number of nitrogens with zero attached hydrogens (tertiary/aromatic N) is 3. The number of amides is 1. The zero-order valence-electron chi connectivity index (χ0n) is 16.7. The van der Waals surface area contributed by atoms with Gasteiger partial charge < -0.3 is 15.0 Å². The molecule has 1 amide bonds. The number of hydrogen-bond acceptors (Lipinski definition) is 6. The van der Waals surface area contributed by atoms with Crippen LogP contribution >= 0.6 is 0 Å². The first-order valence-corrected chi connectivity index (χ1v) is 9.54. The van der Waals surface area contributed by atoms with E-state index in [2.05, 4.69) is 15.3 Å². The number of carbonyl (C=O) groups is 2. The second kappa shape index (κ2) is 8.48. The fourth-order valence-electron chi connectivity index (χ4n) is 3.23. The van der Waals surface area contributed by atoms with Gasteiger partial charge in [-0.2, -0.15) is 0 Å². The highest BCUT2D eigenvalue weighted by molar-refractivity contribution is 6.05. The van der Waals surface area contributed by atoms with Crippen molar-refractivity contribution in [2.75, 3.05) is 19.6 Å². The quantitative estimate of drug-likeness (QED) is 0.818. The summed E-state index contributed by atoms with van der Waals surface area (Å²) in [6.07, 6.45) is -0.303. The van der Waals surface area contributed by atoms with E-state index in [0.29, 0.717) is 31.2 Å². The molecule has 7 heteroatoms. The molecule has 1 aliphatic rings. The van der Waals surface area contributed by atoms with Crippen molar-refractivity contribution < 1.29 is 14.3 Å². The Hall–Kier alpha value is -2.80. The van der Waals surface area contributed by atoms with Gasteiger partial charge in [-0.1, -0.05) is 30.3 Å². The summed E-state index contributed by atoms with van der Waals surface area (Å²) in [6, 6.07) is 9.60. The summed E-state index contributed by atoms with van der Waals surface area (Å²) in [5.41, 5.74) is 1.47. The Labute approximate surface area is 165 Å². The number of nitrogens with one attached hydrogen (secondary N) is 1. The van der Waals surface area contributed by atoms with Crippen LogP contribution in [0.3, 0.4) is 0 Å². The lowest BCUT2D eigenvalue weighted by molar-refractivity contribution is 0.0369. The van der Waals surface area contributed by atoms with Crippen molar-refractivity contribution in [2.24, 2.45) is 0 Å². The zero-order valence-corrected chi connectivity index (χ0v) is 16.7. The zero-order chi connectivity index (χ0) is 20.3. The molecule has 1 aromatic heterocycles. The minimum absolute atomic E-state index is 0.103. The number of piperazine rings is 1. The molecule has 7 nitrogen and oxygen atoms in total. The van der Waals surface area contributed by atoms with E-state index >= 15 is 0 Å². The molecule has 1 fully saturated rings. The molecule has 0 spiro atoms. The van der Waals surface area contributed by atoms with E-state index in [1.54, 1.807) is 25.7 Å². The minimum atomic E-state index is -0.571. The summed E-state index contributed by atoms with van der Waals surface area (Å²) in [6.45, 7) is 9.09. The van der Waals surface area contributed by atoms with Gasteiger partial charge in [-0.15, -0.1) is 0 Å². The fraction of sp³-hybridized carbons (Fsp3) is 0.429. The predicted octanol–water partition coefficient (Wildman–Crippen LogP) is 2.45. The van der Waals surface area contributed by atoms with Crippen LogP contribution in [0.5, 0.6) is 0 Å². The van der Waals surface area contributed by atoms with Crippen LogP contribution in [-0.2, 0) is 4.74 Å². The number of rotatable bonds is 4. The molecule has 148 valence electrons. The van der Waals surface area contributed by atoms with Crippen molar-refractivity contribution in [3.8, 4) is 11.4 Å². The maximum Gasteiger partial charge on any atom is 0.342 e. The molecule has 1 saturated heterocycles. The summed E-state index contributed by atoms with van der Waals surface area (Å²) in [5.74, 6) is -0.420. The summed E-state index contributed by atoms with van der Waals surface area (Å²) >= 11 is 0. The second-order valence-corrected chi connectivity index (χ2v) is 7.28. The fourth-order valence-corrected chi connectivity index (χ4v) is 3.23. The van der Waals surface area contributed by atoms with E-state index in [1.165, 1.54) is 0 Å². The van der Waals surface area contributed by atoms with Gasteiger partial charge in [0.1, 0.15) is 11.3 Å². The van der Waals surface area contributed by atoms with Crippen molar-refractivity contribution in [3.63, 3.8) is 0 Å². The Morgan fingerprint density at radius 2 is 1.93 bits per heavy atom. The second-order valence-electron chi connectivity index (χ2n) is 7.28. The van der Waals surface area contributed by atoms with E-state index in [-0.39, 0.29) is 29.3 Å². The van der Waals surface area contributed by atoms with Crippen LogP contribution in [0.2, 0.25) is 0 Å². The van der Waals surface area contributed by atoms with Crippen LogP contribution in [-0.4, -0.2) is 58.5 Å². The highest BCUT2D eigenvalue weighted by Gasteiger charge is 2.30. The number of benzene rings is 1. The van der Waals surface area contributed by atoms with Crippen LogP contribution in [0.4, 0.5) is 0 Å². The average molecular weight is 382 g/mol. The van der Waals surface area contributed by atoms with E-state index in [1.807, 2.05) is 37.3 Å². The maximum atomic E-state index is 13.3. The van der Waals surface area contributed by atoms with Gasteiger partial charge in [0.2, 0.25) is 0 Å². The Morgan fingerprint density at radius 1 is 1.21 bits per heavy atom. The topological polar surface area (TPSA) is 84.4 Å². The number of aryl methyl sites for hydroxylation is 1. The van der Waals surface area contributed by atoms with Gasteiger partial charge in [-0.25, -0.2) is 14.8 Å². The molecule has 0 bridgehead atoms. The predicted molar refractivity (Wildman–Crippen MR) is 106 cm³/mol. The molecule has 1 N–H and O–H groups in total. The molecule has 2 aromatic rings. The van der Waals surface area contributed by atoms with Gasteiger partial charge in [0.15, 0.2) is 5.82 Å². The van der Waals surface area contributed by atoms with Crippen LogP contribution in [0, 0.1) is 6.92 Å². The van der Waals surface area contributed by atoms with Gasteiger partial charge in [0.25, 0.3) is 5.91 Å². The molecular formula is C21H26N4O3. The standard InChI is InChI=1S/C21H26N4O3/c1-13(2)28-21(27)17-15(4)23-19(16-8-6-5-7-9-16)24-18(17)20(26)25-11-10-22-14(3)12-25/h5-9,13-14,22H,10-12H2,1-4H3. The highest BCUT2D eigenvalue weighted by Crippen LogP contribution is 2.22. The van der Waals surface area contributed by atoms with Crippen molar-refractivity contribution in [3.05, 3.63) is 47.3 Å². The van der Waals surface area contributed by atoms with Crippen LogP contribution in [0.15, 0.2) is 30.3 Å². The van der Waals surface area contributed by atoms with E-state index in [4.69, 9.17) is 4.74 Å². The molecular weight excluding hydrogens is 356 g/mol. The average Bonchev–Trinajstić information content (AvgIpc) is 2.66. The number of ether oxygens (including phenoxy) is 1. The first kappa shape index (κ1) is 19.9. The molecule has 1 aliphatic heterocycles. The molecule has 3 rings (SSSR count). The van der Waals surface area contributed by atoms with E-state index in [9.17, 15) is 9.59 Å². The normalized spacial score (nSPS) is 16.9. The SMILES string of the molecule is Cc1nc(-c2ccccc2)nc(C(=O)N2CCNC(C)C2)c1C(=O)OC(C)C. The van der Waals surface area contributed by atoms with Crippen LogP contribution < -0.4 is 5.32 Å². The molecule has 1 aromatic carbocycles. The molecule has 0 saturated carbocycles. The third kappa shape index (κ3) is 4.36. The Kier molecular flexibility index (Phi) is 6.04. The third-order valence-corrected chi connectivity index (χ3v) is 4.53. The van der Waals surface area contributed by atoms with E-state index < -0.39 is 5.97 Å². The van der Waals surface area contributed by atoms with Crippen molar-refractivity contribution in [1.29, 1.82) is 0 Å². The Morgan fingerprint density at radius 3 is 2.57 bits per heavy atom. The lowest BCUT2D eigenvalue weighted by Crippen LogP contribution is -2.51. The number of aromatic nitrogens is 2. The van der Waals surface area contributed by atoms with Crippen molar-refractivity contribution in [2.45, 2.75) is 39.8 Å². The van der Waals surface area contributed by atoms with Crippen LogP contribution in [0.1, 0.15) is 47.3 Å². The van der Waals surface area contributed by atoms with Crippen molar-refractivity contribution >= 4 is 11.9 Å². The van der Waals surface area contributed by atoms with Gasteiger partial charge in [-0.3, -0.25) is 4.79 Å². The first-order valence-electron chi connectivity index (χ1n) is 9.54. The third-order valence-electron chi connectivity index (χ3n) is 4.53. The van der Waals surface area contributed by atoms with Gasteiger partial charge in [-0.05, 0) is 27.7 Å². The lowest BCUT2D eigenvalue weighted by atomic mass is 10.1. The summed E-state index contributed by atoms with van der Waals surface area (Å²) < 4.78 is 5.36. The van der Waals surface area contributed by atoms with Crippen LogP contribution in [0.25, 0.3) is 11.4 Å². The smallest absolute Gasteiger partial charge is 0.342 e. The van der Waals surface area contributed by atoms with E-state index in [0.717, 1.165) is 5.56 Å². The van der Waals surface area contributed by atoms with Gasteiger partial charge >= 0.3 is 5.97 Å². The summed E-state index contributed by atoms with van der Waals surface area (Å²) in [7, 11) is 0. The first-order chi connectivity index (χ1) is 13.4. The summed E-state index contributed by atoms with van der Waals surface area (Å²) in [5, 5.41) is 3.31. The molecule has 1 unspecified atom stereocenters. The molecule has 28 heavy (non-hydrogen) atoms. The molecule has 0 aliphatic carbocycles. The van der Waals surface area contributed by atoms with Crippen molar-refractivity contribution in [1.82, 2.24) is 20.2 Å². The number of carbonyl (C=O) groups excluding carboxylic acids is 2. The molecule has 1 atom stereocenters. The molecule has 2 heterocycles. The van der Waals surface area contributed by atoms with Gasteiger partial charge in [0.05, 0.1) is 11.8 Å². The monoisotopic (exact) mass is 382 g/mol. The Bertz CT molecular complexity index is 867. The minimum Gasteiger partial charge on any atom is -0.459 e. The maximum absolute atomic E-state index is 13.3. The summed E-state index contributed by atoms with van der Waals surface area (Å²) in [4.78, 5) is 36.7. The number of hydrogen-bond donors (Lipinski definition) is 1. The number of esters is 1. The Balaban J connectivity index is 2.08. The largest absolute Gasteiger partial charge is 0.459 e. The highest BCUT2D eigenvalue weighted by atomic mass is 16.5. The van der Waals surface area contributed by atoms with Gasteiger partial charge in [0, 0.05) is 31.2 Å². The molecule has 0 radical (unpaired) electrons. The lowest BCUT2D eigenvalue weighted by Gasteiger charge is -2.32.